The molecule has 0 saturated carbocycles. The second kappa shape index (κ2) is 10.6. The van der Waals surface area contributed by atoms with Gasteiger partial charge < -0.3 is 14.9 Å². The molecule has 1 N–H and O–H groups in total. The van der Waals surface area contributed by atoms with Crippen molar-refractivity contribution in [1.29, 1.82) is 0 Å². The number of hydrogen-bond donors (Lipinski definition) is 1. The molecule has 1 aliphatic rings. The number of halogens is 1. The number of amides is 1. The van der Waals surface area contributed by atoms with Crippen LogP contribution in [0.1, 0.15) is 47.7 Å². The number of anilines is 1. The molecule has 4 rings (SSSR count). The van der Waals surface area contributed by atoms with Crippen LogP contribution in [-0.4, -0.2) is 34.8 Å². The molecule has 0 aromatic heterocycles. The van der Waals surface area contributed by atoms with Crippen molar-refractivity contribution < 1.29 is 14.7 Å². The van der Waals surface area contributed by atoms with Crippen molar-refractivity contribution in [2.24, 2.45) is 0 Å². The maximum Gasteiger partial charge on any atom is 0.295 e. The van der Waals surface area contributed by atoms with Crippen LogP contribution >= 0.6 is 11.6 Å². The largest absolute Gasteiger partial charge is 0.507 e. The summed E-state index contributed by atoms with van der Waals surface area (Å²) in [6, 6.07) is 19.8. The fourth-order valence-electron chi connectivity index (χ4n) is 4.76. The molecule has 1 saturated heterocycles. The minimum Gasteiger partial charge on any atom is -0.507 e. The number of carbonyl (C=O) groups is 2. The van der Waals surface area contributed by atoms with E-state index in [1.165, 1.54) is 0 Å². The second-order valence-electron chi connectivity index (χ2n) is 9.13. The monoisotopic (exact) mass is 502 g/mol. The molecule has 1 unspecified atom stereocenters. The smallest absolute Gasteiger partial charge is 0.295 e. The van der Waals surface area contributed by atoms with Crippen LogP contribution in [0.25, 0.3) is 5.76 Å². The standard InChI is InChI=1S/C30H31ClN2O3/c1-5-32(6-2)25-15-11-21(12-16-25)27-26(28(34)22-9-13-24(31)14-10-22)29(35)30(36)33(27)18-23-17-19(3)7-8-20(23)4/h7-17,27,34H,5-6,18H2,1-4H3/b28-26-. The quantitative estimate of drug-likeness (QED) is 0.230. The number of aliphatic hydroxyl groups excluding tert-OH is 1. The third kappa shape index (κ3) is 4.89. The number of Topliss-reactive ketones (excluding diaryl/α,β-unsaturated/α-hetero) is 1. The summed E-state index contributed by atoms with van der Waals surface area (Å²) in [5, 5.41) is 11.8. The van der Waals surface area contributed by atoms with Gasteiger partial charge in [-0.25, -0.2) is 0 Å². The van der Waals surface area contributed by atoms with Crippen molar-refractivity contribution >= 4 is 34.7 Å². The van der Waals surface area contributed by atoms with E-state index in [1.807, 2.05) is 56.3 Å². The number of benzene rings is 3. The van der Waals surface area contributed by atoms with Crippen LogP contribution in [0.2, 0.25) is 5.02 Å². The maximum absolute atomic E-state index is 13.4. The van der Waals surface area contributed by atoms with E-state index < -0.39 is 17.7 Å². The first-order valence-electron chi connectivity index (χ1n) is 12.2. The Balaban J connectivity index is 1.85. The Bertz CT molecular complexity index is 1310. The summed E-state index contributed by atoms with van der Waals surface area (Å²) >= 11 is 6.03. The van der Waals surface area contributed by atoms with Crippen molar-refractivity contribution in [2.75, 3.05) is 18.0 Å². The zero-order valence-corrected chi connectivity index (χ0v) is 21.8. The van der Waals surface area contributed by atoms with Crippen LogP contribution in [0.3, 0.4) is 0 Å². The van der Waals surface area contributed by atoms with Gasteiger partial charge in [0.25, 0.3) is 11.7 Å². The number of likely N-dealkylation sites (tertiary alicyclic amines) is 1. The van der Waals surface area contributed by atoms with Crippen molar-refractivity contribution in [3.8, 4) is 0 Å². The normalized spacial score (nSPS) is 17.0. The Morgan fingerprint density at radius 3 is 2.19 bits per heavy atom. The van der Waals surface area contributed by atoms with E-state index in [1.54, 1.807) is 29.2 Å². The first kappa shape index (κ1) is 25.5. The van der Waals surface area contributed by atoms with Crippen LogP contribution in [-0.2, 0) is 16.1 Å². The van der Waals surface area contributed by atoms with E-state index in [4.69, 9.17) is 11.6 Å². The molecule has 36 heavy (non-hydrogen) atoms. The molecule has 3 aromatic carbocycles. The molecule has 6 heteroatoms. The highest BCUT2D eigenvalue weighted by Gasteiger charge is 2.46. The highest BCUT2D eigenvalue weighted by molar-refractivity contribution is 6.46. The predicted octanol–water partition coefficient (Wildman–Crippen LogP) is 6.42. The minimum absolute atomic E-state index is 0.0863. The lowest BCUT2D eigenvalue weighted by Crippen LogP contribution is -2.29. The summed E-state index contributed by atoms with van der Waals surface area (Å²) in [5.74, 6) is -1.51. The third-order valence-corrected chi connectivity index (χ3v) is 7.09. The highest BCUT2D eigenvalue weighted by Crippen LogP contribution is 2.41. The zero-order chi connectivity index (χ0) is 26.0. The number of aryl methyl sites for hydroxylation is 2. The fraction of sp³-hybridized carbons (Fsp3) is 0.267. The lowest BCUT2D eigenvalue weighted by Gasteiger charge is -2.27. The number of hydrogen-bond acceptors (Lipinski definition) is 4. The summed E-state index contributed by atoms with van der Waals surface area (Å²) in [4.78, 5) is 30.5. The van der Waals surface area contributed by atoms with Gasteiger partial charge in [-0.15, -0.1) is 0 Å². The lowest BCUT2D eigenvalue weighted by atomic mass is 9.94. The minimum atomic E-state index is -0.716. The molecule has 3 aromatic rings. The molecule has 0 bridgehead atoms. The Morgan fingerprint density at radius 1 is 0.944 bits per heavy atom. The van der Waals surface area contributed by atoms with Crippen LogP contribution in [0.5, 0.6) is 0 Å². The summed E-state index contributed by atoms with van der Waals surface area (Å²) in [6.07, 6.45) is 0. The van der Waals surface area contributed by atoms with Crippen molar-refractivity contribution in [1.82, 2.24) is 4.90 Å². The highest BCUT2D eigenvalue weighted by atomic mass is 35.5. The maximum atomic E-state index is 13.4. The van der Waals surface area contributed by atoms with E-state index >= 15 is 0 Å². The average molecular weight is 503 g/mol. The molecular formula is C30H31ClN2O3. The van der Waals surface area contributed by atoms with Gasteiger partial charge in [0, 0.05) is 35.9 Å². The molecule has 1 heterocycles. The van der Waals surface area contributed by atoms with Crippen molar-refractivity contribution in [3.63, 3.8) is 0 Å². The molecule has 1 aliphatic heterocycles. The van der Waals surface area contributed by atoms with Gasteiger partial charge in [-0.3, -0.25) is 9.59 Å². The van der Waals surface area contributed by atoms with Gasteiger partial charge in [-0.05, 0) is 80.8 Å². The molecule has 1 atom stereocenters. The SMILES string of the molecule is CCN(CC)c1ccc(C2/C(=C(/O)c3ccc(Cl)cc3)C(=O)C(=O)N2Cc2cc(C)ccc2C)cc1. The van der Waals surface area contributed by atoms with Gasteiger partial charge >= 0.3 is 0 Å². The molecular weight excluding hydrogens is 472 g/mol. The van der Waals surface area contributed by atoms with Crippen LogP contribution in [0.4, 0.5) is 5.69 Å². The first-order chi connectivity index (χ1) is 17.2. The molecule has 1 amide bonds. The average Bonchev–Trinajstić information content (AvgIpc) is 3.12. The first-order valence-corrected chi connectivity index (χ1v) is 12.6. The zero-order valence-electron chi connectivity index (χ0n) is 21.1. The van der Waals surface area contributed by atoms with Crippen molar-refractivity contribution in [2.45, 2.75) is 40.3 Å². The topological polar surface area (TPSA) is 60.9 Å². The van der Waals surface area contributed by atoms with Gasteiger partial charge in [0.1, 0.15) is 5.76 Å². The van der Waals surface area contributed by atoms with E-state index in [-0.39, 0.29) is 17.9 Å². The molecule has 186 valence electrons. The van der Waals surface area contributed by atoms with Gasteiger partial charge in [0.05, 0.1) is 11.6 Å². The molecule has 0 spiro atoms. The number of ketones is 1. The Hall–Kier alpha value is -3.57. The number of nitrogens with zero attached hydrogens (tertiary/aromatic N) is 2. The van der Waals surface area contributed by atoms with Gasteiger partial charge in [0.15, 0.2) is 0 Å². The van der Waals surface area contributed by atoms with E-state index in [0.29, 0.717) is 10.6 Å². The van der Waals surface area contributed by atoms with Crippen LogP contribution < -0.4 is 4.90 Å². The predicted molar refractivity (Wildman–Crippen MR) is 145 cm³/mol. The number of aliphatic hydroxyl groups is 1. The van der Waals surface area contributed by atoms with Gasteiger partial charge in [0.2, 0.25) is 0 Å². The lowest BCUT2D eigenvalue weighted by molar-refractivity contribution is -0.140. The van der Waals surface area contributed by atoms with E-state index in [9.17, 15) is 14.7 Å². The molecule has 5 nitrogen and oxygen atoms in total. The number of rotatable bonds is 7. The summed E-state index contributed by atoms with van der Waals surface area (Å²) in [7, 11) is 0. The summed E-state index contributed by atoms with van der Waals surface area (Å²) < 4.78 is 0. The summed E-state index contributed by atoms with van der Waals surface area (Å²) in [5.41, 5.74) is 5.44. The van der Waals surface area contributed by atoms with Crippen molar-refractivity contribution in [3.05, 3.63) is 105 Å². The van der Waals surface area contributed by atoms with Crippen LogP contribution in [0, 0.1) is 13.8 Å². The molecule has 0 radical (unpaired) electrons. The molecule has 1 fully saturated rings. The summed E-state index contributed by atoms with van der Waals surface area (Å²) in [6.45, 7) is 10.2. The van der Waals surface area contributed by atoms with Crippen LogP contribution in [0.15, 0.2) is 72.3 Å². The van der Waals surface area contributed by atoms with Gasteiger partial charge in [-0.2, -0.15) is 0 Å². The Labute approximate surface area is 217 Å². The molecule has 0 aliphatic carbocycles. The Morgan fingerprint density at radius 2 is 1.58 bits per heavy atom. The Kier molecular flexibility index (Phi) is 7.51. The van der Waals surface area contributed by atoms with E-state index in [2.05, 4.69) is 18.7 Å². The van der Waals surface area contributed by atoms with Gasteiger partial charge in [-0.1, -0.05) is 47.5 Å². The van der Waals surface area contributed by atoms with E-state index in [0.717, 1.165) is 41.0 Å². The third-order valence-electron chi connectivity index (χ3n) is 6.84. The fourth-order valence-corrected chi connectivity index (χ4v) is 4.89. The second-order valence-corrected chi connectivity index (χ2v) is 9.56. The number of carbonyl (C=O) groups excluding carboxylic acids is 2.